The van der Waals surface area contributed by atoms with Crippen molar-refractivity contribution >= 4 is 5.69 Å². The van der Waals surface area contributed by atoms with E-state index in [-0.39, 0.29) is 0 Å². The molecule has 1 aliphatic rings. The molecule has 1 aliphatic carbocycles. The lowest BCUT2D eigenvalue weighted by Gasteiger charge is -2.22. The van der Waals surface area contributed by atoms with Gasteiger partial charge >= 0.3 is 0 Å². The molecule has 1 N–H and O–H groups in total. The maximum absolute atomic E-state index is 10.5. The predicted molar refractivity (Wildman–Crippen MR) is 79.5 cm³/mol. The number of hydrogen-bond donors (Lipinski definition) is 1. The number of benzene rings is 2. The topological polar surface area (TPSA) is 23.5 Å². The Kier molecular flexibility index (Phi) is 3.03. The van der Waals surface area contributed by atoms with Crippen molar-refractivity contribution in [3.8, 4) is 11.1 Å². The molecule has 1 unspecified atom stereocenters. The van der Waals surface area contributed by atoms with Gasteiger partial charge in [0.05, 0.1) is 0 Å². The van der Waals surface area contributed by atoms with Crippen molar-refractivity contribution in [2.75, 3.05) is 18.0 Å². The minimum atomic E-state index is -0.485. The average molecular weight is 253 g/mol. The van der Waals surface area contributed by atoms with Gasteiger partial charge in [0.15, 0.2) is 0 Å². The van der Waals surface area contributed by atoms with Gasteiger partial charge in [-0.2, -0.15) is 0 Å². The predicted octanol–water partition coefficient (Wildman–Crippen LogP) is 3.59. The summed E-state index contributed by atoms with van der Waals surface area (Å²) in [4.78, 5) is 2.30. The lowest BCUT2D eigenvalue weighted by atomic mass is 10.1. The number of aliphatic hydroxyl groups excluding tert-OH is 1. The number of nitrogens with zero attached hydrogens (tertiary/aromatic N) is 1. The molecule has 19 heavy (non-hydrogen) atoms. The lowest BCUT2D eigenvalue weighted by Crippen LogP contribution is -2.21. The molecule has 3 rings (SSSR count). The molecule has 0 heterocycles. The van der Waals surface area contributed by atoms with E-state index in [1.54, 1.807) is 0 Å². The van der Waals surface area contributed by atoms with E-state index in [2.05, 4.69) is 43.0 Å². The summed E-state index contributed by atoms with van der Waals surface area (Å²) < 4.78 is 0. The molecular weight excluding hydrogens is 234 g/mol. The largest absolute Gasteiger partial charge is 0.384 e. The van der Waals surface area contributed by atoms with E-state index in [1.165, 1.54) is 11.3 Å². The maximum Gasteiger partial charge on any atom is 0.105 e. The smallest absolute Gasteiger partial charge is 0.105 e. The summed E-state index contributed by atoms with van der Waals surface area (Å²) >= 11 is 0. The van der Waals surface area contributed by atoms with Crippen molar-refractivity contribution in [3.05, 3.63) is 53.6 Å². The monoisotopic (exact) mass is 253 g/mol. The summed E-state index contributed by atoms with van der Waals surface area (Å²) in [7, 11) is 0. The molecule has 1 atom stereocenters. The van der Waals surface area contributed by atoms with Gasteiger partial charge < -0.3 is 10.0 Å². The molecule has 98 valence electrons. The zero-order valence-corrected chi connectivity index (χ0v) is 11.4. The fourth-order valence-corrected chi connectivity index (χ4v) is 2.96. The second-order valence-electron chi connectivity index (χ2n) is 4.93. The second kappa shape index (κ2) is 4.71. The Hall–Kier alpha value is -1.80. The number of fused-ring (bicyclic) bond motifs is 3. The van der Waals surface area contributed by atoms with Crippen molar-refractivity contribution in [3.63, 3.8) is 0 Å². The maximum atomic E-state index is 10.5. The second-order valence-corrected chi connectivity index (χ2v) is 4.93. The minimum Gasteiger partial charge on any atom is -0.384 e. The van der Waals surface area contributed by atoms with Crippen molar-refractivity contribution < 1.29 is 5.11 Å². The highest BCUT2D eigenvalue weighted by Gasteiger charge is 2.26. The van der Waals surface area contributed by atoms with Crippen LogP contribution in [-0.4, -0.2) is 18.2 Å². The number of anilines is 1. The highest BCUT2D eigenvalue weighted by atomic mass is 16.3. The molecule has 0 aromatic heterocycles. The summed E-state index contributed by atoms with van der Waals surface area (Å²) in [6, 6.07) is 14.5. The van der Waals surface area contributed by atoms with Crippen molar-refractivity contribution in [2.24, 2.45) is 0 Å². The summed E-state index contributed by atoms with van der Waals surface area (Å²) in [5, 5.41) is 10.5. The highest BCUT2D eigenvalue weighted by molar-refractivity contribution is 5.80. The minimum absolute atomic E-state index is 0.485. The average Bonchev–Trinajstić information content (AvgIpc) is 2.74. The highest BCUT2D eigenvalue weighted by Crippen LogP contribution is 2.44. The van der Waals surface area contributed by atoms with E-state index in [1.807, 2.05) is 18.2 Å². The van der Waals surface area contributed by atoms with Crippen LogP contribution in [0.5, 0.6) is 0 Å². The van der Waals surface area contributed by atoms with Crippen molar-refractivity contribution in [2.45, 2.75) is 20.0 Å². The van der Waals surface area contributed by atoms with Gasteiger partial charge in [-0.3, -0.25) is 0 Å². The number of rotatable bonds is 3. The van der Waals surface area contributed by atoms with Crippen LogP contribution in [0, 0.1) is 0 Å². The van der Waals surface area contributed by atoms with Crippen molar-refractivity contribution in [1.29, 1.82) is 0 Å². The van der Waals surface area contributed by atoms with Gasteiger partial charge in [0.1, 0.15) is 6.10 Å². The van der Waals surface area contributed by atoms with Crippen LogP contribution >= 0.6 is 0 Å². The third-order valence-electron chi connectivity index (χ3n) is 4.00. The molecule has 2 nitrogen and oxygen atoms in total. The first-order valence-corrected chi connectivity index (χ1v) is 6.92. The van der Waals surface area contributed by atoms with E-state index in [0.717, 1.165) is 29.8 Å². The van der Waals surface area contributed by atoms with Crippen molar-refractivity contribution in [1.82, 2.24) is 0 Å². The standard InChI is InChI=1S/C17H19NO/c1-3-18(4-2)12-9-10-14-13-7-5-6-8-15(13)17(19)16(14)11-12/h5-11,17,19H,3-4H2,1-2H3. The molecule has 2 heteroatoms. The van der Waals surface area contributed by atoms with Crippen LogP contribution in [0.15, 0.2) is 42.5 Å². The van der Waals surface area contributed by atoms with Gasteiger partial charge in [-0.05, 0) is 48.2 Å². The summed E-state index contributed by atoms with van der Waals surface area (Å²) in [5.41, 5.74) is 5.57. The van der Waals surface area contributed by atoms with Gasteiger partial charge in [0.25, 0.3) is 0 Å². The third kappa shape index (κ3) is 1.83. The normalized spacial score (nSPS) is 16.1. The van der Waals surface area contributed by atoms with E-state index in [9.17, 15) is 5.11 Å². The Labute approximate surface area is 114 Å². The van der Waals surface area contributed by atoms with E-state index in [0.29, 0.717) is 0 Å². The molecule has 0 saturated heterocycles. The molecule has 2 aromatic carbocycles. The van der Waals surface area contributed by atoms with Gasteiger partial charge in [0, 0.05) is 18.8 Å². The number of aliphatic hydroxyl groups is 1. The first-order valence-electron chi connectivity index (χ1n) is 6.92. The first-order chi connectivity index (χ1) is 9.26. The molecular formula is C17H19NO. The van der Waals surface area contributed by atoms with Crippen LogP contribution in [0.25, 0.3) is 11.1 Å². The molecule has 0 bridgehead atoms. The van der Waals surface area contributed by atoms with Gasteiger partial charge in [0.2, 0.25) is 0 Å². The van der Waals surface area contributed by atoms with Crippen LogP contribution in [-0.2, 0) is 0 Å². The first kappa shape index (κ1) is 12.2. The van der Waals surface area contributed by atoms with Crippen LogP contribution in [0.3, 0.4) is 0 Å². The summed E-state index contributed by atoms with van der Waals surface area (Å²) in [5.74, 6) is 0. The lowest BCUT2D eigenvalue weighted by molar-refractivity contribution is 0.225. The Morgan fingerprint density at radius 3 is 2.37 bits per heavy atom. The fourth-order valence-electron chi connectivity index (χ4n) is 2.96. The summed E-state index contributed by atoms with van der Waals surface area (Å²) in [6.07, 6.45) is -0.485. The third-order valence-corrected chi connectivity index (χ3v) is 4.00. The Morgan fingerprint density at radius 2 is 1.63 bits per heavy atom. The molecule has 0 fully saturated rings. The van der Waals surface area contributed by atoms with E-state index >= 15 is 0 Å². The molecule has 0 spiro atoms. The Bertz CT molecular complexity index is 602. The van der Waals surface area contributed by atoms with E-state index in [4.69, 9.17) is 0 Å². The SMILES string of the molecule is CCN(CC)c1ccc2c(c1)C(O)c1ccccc1-2. The quantitative estimate of drug-likeness (QED) is 0.903. The molecule has 2 aromatic rings. The molecule has 0 radical (unpaired) electrons. The van der Waals surface area contributed by atoms with Crippen LogP contribution in [0.4, 0.5) is 5.69 Å². The number of hydrogen-bond acceptors (Lipinski definition) is 2. The van der Waals surface area contributed by atoms with Crippen LogP contribution in [0.1, 0.15) is 31.1 Å². The molecule has 0 saturated carbocycles. The zero-order valence-electron chi connectivity index (χ0n) is 11.4. The molecule has 0 aliphatic heterocycles. The Balaban J connectivity index is 2.10. The van der Waals surface area contributed by atoms with Gasteiger partial charge in [-0.25, -0.2) is 0 Å². The van der Waals surface area contributed by atoms with Crippen LogP contribution in [0.2, 0.25) is 0 Å². The zero-order chi connectivity index (χ0) is 13.4. The van der Waals surface area contributed by atoms with Crippen LogP contribution < -0.4 is 4.90 Å². The molecule has 0 amide bonds. The van der Waals surface area contributed by atoms with Gasteiger partial charge in [-0.1, -0.05) is 30.3 Å². The fraction of sp³-hybridized carbons (Fsp3) is 0.294. The van der Waals surface area contributed by atoms with Gasteiger partial charge in [-0.15, -0.1) is 0 Å². The Morgan fingerprint density at radius 1 is 0.947 bits per heavy atom. The summed E-state index contributed by atoms with van der Waals surface area (Å²) in [6.45, 7) is 6.28. The van der Waals surface area contributed by atoms with E-state index < -0.39 is 6.10 Å².